The molecule has 0 saturated carbocycles. The minimum atomic E-state index is -1.22. The zero-order chi connectivity index (χ0) is 20.1. The number of aromatic nitrogens is 1. The van der Waals surface area contributed by atoms with Crippen LogP contribution >= 0.6 is 0 Å². The molecule has 27 heavy (non-hydrogen) atoms. The van der Waals surface area contributed by atoms with Crippen LogP contribution < -0.4 is 15.7 Å². The molecule has 142 valence electrons. The smallest absolute Gasteiger partial charge is 0.322 e. The molecule has 0 radical (unpaired) electrons. The second kappa shape index (κ2) is 8.13. The molecule has 0 saturated heterocycles. The molecule has 0 fully saturated rings. The molecule has 0 spiro atoms. The average molecular weight is 375 g/mol. The number of benzene rings is 1. The minimum absolute atomic E-state index is 0.000292. The van der Waals surface area contributed by atoms with E-state index in [2.05, 4.69) is 11.9 Å². The number of amides is 1. The summed E-state index contributed by atoms with van der Waals surface area (Å²) in [6.07, 6.45) is 1.02. The number of nitrogens with zero attached hydrogens (tertiary/aromatic N) is 2. The summed E-state index contributed by atoms with van der Waals surface area (Å²) in [5, 5.41) is 22.2. The van der Waals surface area contributed by atoms with Crippen LogP contribution in [0.15, 0.2) is 35.6 Å². The second-order valence-corrected chi connectivity index (χ2v) is 5.59. The Morgan fingerprint density at radius 3 is 2.74 bits per heavy atom. The summed E-state index contributed by atoms with van der Waals surface area (Å²) in [6.45, 7) is 4.48. The van der Waals surface area contributed by atoms with Crippen molar-refractivity contribution in [3.63, 3.8) is 0 Å². The largest absolute Gasteiger partial charge is 0.480 e. The van der Waals surface area contributed by atoms with E-state index in [9.17, 15) is 24.5 Å². The summed E-state index contributed by atoms with van der Waals surface area (Å²) in [5.41, 5.74) is -0.0563. The molecule has 1 heterocycles. The van der Waals surface area contributed by atoms with Crippen LogP contribution in [0.5, 0.6) is 0 Å². The molecular weight excluding hydrogens is 358 g/mol. The van der Waals surface area contributed by atoms with Crippen molar-refractivity contribution in [1.82, 2.24) is 10.0 Å². The fourth-order valence-electron chi connectivity index (χ4n) is 2.53. The van der Waals surface area contributed by atoms with Crippen molar-refractivity contribution in [1.29, 1.82) is 0 Å². The van der Waals surface area contributed by atoms with Gasteiger partial charge in [0.05, 0.1) is 16.9 Å². The van der Waals surface area contributed by atoms with Crippen molar-refractivity contribution < 1.29 is 24.5 Å². The lowest BCUT2D eigenvalue weighted by atomic mass is 10.0. The maximum Gasteiger partial charge on any atom is 0.322 e. The van der Waals surface area contributed by atoms with Crippen molar-refractivity contribution in [2.24, 2.45) is 0 Å². The molecule has 1 aromatic heterocycles. The highest BCUT2D eigenvalue weighted by molar-refractivity contribution is 5.88. The van der Waals surface area contributed by atoms with Gasteiger partial charge in [-0.2, -0.15) is 0 Å². The van der Waals surface area contributed by atoms with Crippen LogP contribution in [0.1, 0.15) is 11.1 Å². The third kappa shape index (κ3) is 4.29. The van der Waals surface area contributed by atoms with Crippen molar-refractivity contribution >= 4 is 28.5 Å². The highest BCUT2D eigenvalue weighted by Gasteiger charge is 2.20. The number of non-ortho nitro benzene ring substituents is 1. The van der Waals surface area contributed by atoms with Crippen molar-refractivity contribution in [3.8, 4) is 0 Å². The Morgan fingerprint density at radius 1 is 1.44 bits per heavy atom. The Kier molecular flexibility index (Phi) is 5.91. The lowest BCUT2D eigenvalue weighted by Gasteiger charge is -2.15. The summed E-state index contributed by atoms with van der Waals surface area (Å²) in [6, 6.07) is 3.92. The van der Waals surface area contributed by atoms with Crippen molar-refractivity contribution in [2.45, 2.75) is 13.3 Å². The number of fused-ring (bicyclic) bond motifs is 1. The second-order valence-electron chi connectivity index (χ2n) is 5.59. The number of nitro benzene ring substituents is 1. The predicted octanol–water partition coefficient (Wildman–Crippen LogP) is 0.576. The maximum absolute atomic E-state index is 12.8. The normalized spacial score (nSPS) is 10.4. The SMILES string of the molecule is C=CCOn1c(=O)c(CC(=O)NCC(=O)O)c(C)c2cc([N+](=O)[O-])ccc21. The fourth-order valence-corrected chi connectivity index (χ4v) is 2.53. The zero-order valence-electron chi connectivity index (χ0n) is 14.4. The van der Waals surface area contributed by atoms with E-state index < -0.39 is 35.3 Å². The van der Waals surface area contributed by atoms with E-state index in [-0.39, 0.29) is 17.9 Å². The van der Waals surface area contributed by atoms with Crippen LogP contribution in [0.3, 0.4) is 0 Å². The molecular formula is C17H17N3O7. The Morgan fingerprint density at radius 2 is 2.15 bits per heavy atom. The predicted molar refractivity (Wildman–Crippen MR) is 95.6 cm³/mol. The number of rotatable bonds is 8. The van der Waals surface area contributed by atoms with Gasteiger partial charge in [0, 0.05) is 23.1 Å². The first-order chi connectivity index (χ1) is 12.8. The van der Waals surface area contributed by atoms with E-state index in [1.54, 1.807) is 6.92 Å². The van der Waals surface area contributed by atoms with E-state index in [0.29, 0.717) is 16.5 Å². The summed E-state index contributed by atoms with van der Waals surface area (Å²) in [7, 11) is 0. The van der Waals surface area contributed by atoms with Gasteiger partial charge in [0.1, 0.15) is 13.2 Å². The first-order valence-electron chi connectivity index (χ1n) is 7.81. The highest BCUT2D eigenvalue weighted by Crippen LogP contribution is 2.24. The molecule has 2 aromatic rings. The summed E-state index contributed by atoms with van der Waals surface area (Å²) in [5.74, 6) is -1.89. The van der Waals surface area contributed by atoms with Crippen molar-refractivity contribution in [2.75, 3.05) is 13.2 Å². The van der Waals surface area contributed by atoms with Crippen LogP contribution in [0.2, 0.25) is 0 Å². The summed E-state index contributed by atoms with van der Waals surface area (Å²) < 4.78 is 0.952. The molecule has 2 N–H and O–H groups in total. The van der Waals surface area contributed by atoms with E-state index in [1.807, 2.05) is 0 Å². The first-order valence-corrected chi connectivity index (χ1v) is 7.81. The van der Waals surface area contributed by atoms with E-state index in [0.717, 1.165) is 4.73 Å². The molecule has 2 rings (SSSR count). The number of nitrogens with one attached hydrogen (secondary N) is 1. The van der Waals surface area contributed by atoms with Gasteiger partial charge in [-0.05, 0) is 18.6 Å². The number of pyridine rings is 1. The first kappa shape index (κ1) is 19.6. The van der Waals surface area contributed by atoms with Gasteiger partial charge in [0.2, 0.25) is 5.91 Å². The molecule has 1 aromatic carbocycles. The molecule has 0 unspecified atom stereocenters. The van der Waals surface area contributed by atoms with Crippen LogP contribution in [0.25, 0.3) is 10.9 Å². The Hall–Kier alpha value is -3.69. The number of nitro groups is 1. The molecule has 0 aliphatic carbocycles. The number of carboxylic acid groups (broad SMARTS) is 1. The topological polar surface area (TPSA) is 141 Å². The summed E-state index contributed by atoms with van der Waals surface area (Å²) >= 11 is 0. The van der Waals surface area contributed by atoms with Crippen molar-refractivity contribution in [3.05, 3.63) is 62.4 Å². The lowest BCUT2D eigenvalue weighted by Crippen LogP contribution is -2.35. The zero-order valence-corrected chi connectivity index (χ0v) is 14.4. The fraction of sp³-hybridized carbons (Fsp3) is 0.235. The van der Waals surface area contributed by atoms with Gasteiger partial charge >= 0.3 is 5.97 Å². The highest BCUT2D eigenvalue weighted by atomic mass is 16.7. The molecule has 0 aliphatic rings. The van der Waals surface area contributed by atoms with Gasteiger partial charge in [0.15, 0.2) is 0 Å². The number of carbonyl (C=O) groups excluding carboxylic acids is 1. The molecule has 10 heteroatoms. The number of carboxylic acids is 1. The van der Waals surface area contributed by atoms with Gasteiger partial charge in [-0.25, -0.2) is 0 Å². The van der Waals surface area contributed by atoms with Gasteiger partial charge in [0.25, 0.3) is 11.2 Å². The molecule has 10 nitrogen and oxygen atoms in total. The standard InChI is InChI=1S/C17H17N3O7/c1-3-6-27-19-14-5-4-11(20(25)26)7-12(14)10(2)13(17(19)24)8-15(21)18-9-16(22)23/h3-5,7H,1,6,8-9H2,2H3,(H,18,21)(H,22,23). The van der Waals surface area contributed by atoms with Crippen LogP contribution in [-0.4, -0.2) is 39.8 Å². The summed E-state index contributed by atoms with van der Waals surface area (Å²) in [4.78, 5) is 51.2. The number of hydrogen-bond acceptors (Lipinski definition) is 6. The maximum atomic E-state index is 12.8. The average Bonchev–Trinajstić information content (AvgIpc) is 2.63. The van der Waals surface area contributed by atoms with Crippen LogP contribution in [0.4, 0.5) is 5.69 Å². The quantitative estimate of drug-likeness (QED) is 0.390. The Bertz CT molecular complexity index is 994. The van der Waals surface area contributed by atoms with Gasteiger partial charge < -0.3 is 15.3 Å². The Balaban J connectivity index is 2.62. The minimum Gasteiger partial charge on any atom is -0.480 e. The molecule has 0 bridgehead atoms. The third-order valence-electron chi connectivity index (χ3n) is 3.80. The van der Waals surface area contributed by atoms with Gasteiger partial charge in [-0.15, -0.1) is 4.73 Å². The number of carbonyl (C=O) groups is 2. The molecule has 0 aliphatic heterocycles. The third-order valence-corrected chi connectivity index (χ3v) is 3.80. The number of aliphatic carboxylic acids is 1. The van der Waals surface area contributed by atoms with Gasteiger partial charge in [-0.1, -0.05) is 12.7 Å². The molecule has 0 atom stereocenters. The number of aryl methyl sites for hydroxylation is 1. The lowest BCUT2D eigenvalue weighted by molar-refractivity contribution is -0.384. The monoisotopic (exact) mass is 375 g/mol. The van der Waals surface area contributed by atoms with Crippen LogP contribution in [-0.2, 0) is 16.0 Å². The van der Waals surface area contributed by atoms with E-state index in [1.165, 1.54) is 24.3 Å². The molecule has 1 amide bonds. The van der Waals surface area contributed by atoms with E-state index >= 15 is 0 Å². The number of hydrogen-bond donors (Lipinski definition) is 2. The van der Waals surface area contributed by atoms with Gasteiger partial charge in [-0.3, -0.25) is 24.5 Å². The van der Waals surface area contributed by atoms with E-state index in [4.69, 9.17) is 9.94 Å². The Labute approximate surface area is 152 Å². The van der Waals surface area contributed by atoms with Crippen LogP contribution in [0, 0.1) is 17.0 Å².